The number of ether oxygens (including phenoxy) is 1. The Morgan fingerprint density at radius 2 is 1.74 bits per heavy atom. The average Bonchev–Trinajstić information content (AvgIpc) is 3.05. The Morgan fingerprint density at radius 1 is 1.13 bits per heavy atom. The lowest BCUT2D eigenvalue weighted by Gasteiger charge is -2.22. The summed E-state index contributed by atoms with van der Waals surface area (Å²) >= 11 is 8.18. The number of benzene rings is 2. The number of thiazole rings is 1. The molecular formula is C23H18Br2N2O3S. The van der Waals surface area contributed by atoms with Crippen LogP contribution in [-0.2, 0) is 9.53 Å². The van der Waals surface area contributed by atoms with E-state index in [1.165, 1.54) is 15.9 Å². The number of fused-ring (bicyclic) bond motifs is 1. The van der Waals surface area contributed by atoms with Crippen LogP contribution in [0.15, 0.2) is 72.8 Å². The van der Waals surface area contributed by atoms with E-state index in [2.05, 4.69) is 31.9 Å². The van der Waals surface area contributed by atoms with E-state index in [-0.39, 0.29) is 12.2 Å². The van der Waals surface area contributed by atoms with Crippen LogP contribution in [-0.4, -0.2) is 17.1 Å². The molecule has 2 aromatic carbocycles. The van der Waals surface area contributed by atoms with Crippen molar-refractivity contribution in [2.45, 2.75) is 19.9 Å². The van der Waals surface area contributed by atoms with Gasteiger partial charge in [-0.1, -0.05) is 67.5 Å². The molecule has 1 aromatic heterocycles. The van der Waals surface area contributed by atoms with E-state index >= 15 is 0 Å². The number of rotatable bonds is 4. The molecular weight excluding hydrogens is 544 g/mol. The predicted octanol–water partition coefficient (Wildman–Crippen LogP) is 4.43. The molecule has 0 fully saturated rings. The quantitative estimate of drug-likeness (QED) is 0.443. The molecule has 0 unspecified atom stereocenters. The Hall–Kier alpha value is -2.29. The first-order valence-corrected chi connectivity index (χ1v) is 12.0. The van der Waals surface area contributed by atoms with Crippen molar-refractivity contribution in [3.05, 3.63) is 93.9 Å². The number of hydrogen-bond donors (Lipinski definition) is 0. The topological polar surface area (TPSA) is 60.7 Å². The first-order chi connectivity index (χ1) is 14.9. The van der Waals surface area contributed by atoms with Gasteiger partial charge < -0.3 is 4.74 Å². The number of allylic oxidation sites excluding steroid dienone is 1. The third-order valence-corrected chi connectivity index (χ3v) is 6.93. The lowest BCUT2D eigenvalue weighted by molar-refractivity contribution is -0.138. The van der Waals surface area contributed by atoms with Gasteiger partial charge in [0, 0.05) is 14.6 Å². The van der Waals surface area contributed by atoms with E-state index in [0.717, 1.165) is 20.1 Å². The zero-order valence-electron chi connectivity index (χ0n) is 16.8. The van der Waals surface area contributed by atoms with Crippen molar-refractivity contribution < 1.29 is 9.53 Å². The molecule has 0 N–H and O–H groups in total. The van der Waals surface area contributed by atoms with Crippen molar-refractivity contribution in [3.8, 4) is 0 Å². The maximum Gasteiger partial charge on any atom is 0.338 e. The van der Waals surface area contributed by atoms with Gasteiger partial charge in [-0.25, -0.2) is 9.79 Å². The number of esters is 1. The highest BCUT2D eigenvalue weighted by molar-refractivity contribution is 9.10. The molecule has 5 nitrogen and oxygen atoms in total. The molecule has 1 aliphatic rings. The lowest BCUT2D eigenvalue weighted by atomic mass is 9.97. The molecule has 0 saturated carbocycles. The molecule has 0 aliphatic carbocycles. The summed E-state index contributed by atoms with van der Waals surface area (Å²) in [6.07, 6.45) is 1.84. The number of halogens is 2. The van der Waals surface area contributed by atoms with Crippen LogP contribution in [0.25, 0.3) is 11.8 Å². The minimum absolute atomic E-state index is 0.194. The molecule has 1 aliphatic heterocycles. The standard InChI is InChI=1S/C23H18Br2N2O3S/c1-3-30-22(29)19-13(2)27-21(28)18(12-14-4-8-16(24)9-5-14)31-23(27)26-20(19)15-6-10-17(25)11-7-15/h4-12,20H,3H2,1-2H3/b18-12-/t20-/m0/s1. The van der Waals surface area contributed by atoms with Crippen LogP contribution >= 0.6 is 43.2 Å². The van der Waals surface area contributed by atoms with Gasteiger partial charge in [-0.15, -0.1) is 0 Å². The second-order valence-electron chi connectivity index (χ2n) is 6.89. The van der Waals surface area contributed by atoms with E-state index < -0.39 is 12.0 Å². The molecule has 0 bridgehead atoms. The zero-order valence-corrected chi connectivity index (χ0v) is 20.8. The van der Waals surface area contributed by atoms with E-state index in [4.69, 9.17) is 9.73 Å². The first kappa shape index (κ1) is 21.9. The summed E-state index contributed by atoms with van der Waals surface area (Å²) in [5.74, 6) is -0.459. The number of carbonyl (C=O) groups excluding carboxylic acids is 1. The summed E-state index contributed by atoms with van der Waals surface area (Å²) in [6.45, 7) is 3.78. The van der Waals surface area contributed by atoms with Crippen LogP contribution < -0.4 is 14.9 Å². The van der Waals surface area contributed by atoms with Crippen molar-refractivity contribution in [2.24, 2.45) is 4.99 Å². The Morgan fingerprint density at radius 3 is 2.35 bits per heavy atom. The molecule has 3 aromatic rings. The van der Waals surface area contributed by atoms with Crippen LogP contribution in [0.2, 0.25) is 0 Å². The number of carbonyl (C=O) groups is 1. The van der Waals surface area contributed by atoms with Crippen LogP contribution in [0.3, 0.4) is 0 Å². The van der Waals surface area contributed by atoms with Gasteiger partial charge in [0.15, 0.2) is 4.80 Å². The Balaban J connectivity index is 1.93. The molecule has 0 saturated heterocycles. The summed E-state index contributed by atoms with van der Waals surface area (Å²) < 4.78 is 9.28. The fourth-order valence-electron chi connectivity index (χ4n) is 3.41. The summed E-state index contributed by atoms with van der Waals surface area (Å²) in [5.41, 5.74) is 2.51. The summed E-state index contributed by atoms with van der Waals surface area (Å²) in [7, 11) is 0. The normalized spacial score (nSPS) is 16.1. The second-order valence-corrected chi connectivity index (χ2v) is 9.73. The molecule has 31 heavy (non-hydrogen) atoms. The largest absolute Gasteiger partial charge is 0.463 e. The third kappa shape index (κ3) is 4.37. The molecule has 0 spiro atoms. The van der Waals surface area contributed by atoms with Gasteiger partial charge in [-0.3, -0.25) is 9.36 Å². The van der Waals surface area contributed by atoms with Crippen molar-refractivity contribution in [3.63, 3.8) is 0 Å². The van der Waals surface area contributed by atoms with Crippen LogP contribution in [0.4, 0.5) is 0 Å². The Labute approximate surface area is 199 Å². The highest BCUT2D eigenvalue weighted by Crippen LogP contribution is 2.32. The molecule has 4 rings (SSSR count). The van der Waals surface area contributed by atoms with Gasteiger partial charge >= 0.3 is 5.97 Å². The summed E-state index contributed by atoms with van der Waals surface area (Å²) in [5, 5.41) is 0. The summed E-state index contributed by atoms with van der Waals surface area (Å²) in [6, 6.07) is 14.8. The zero-order chi connectivity index (χ0) is 22.1. The van der Waals surface area contributed by atoms with Crippen molar-refractivity contribution >= 4 is 60.9 Å². The molecule has 0 amide bonds. The van der Waals surface area contributed by atoms with Gasteiger partial charge in [-0.2, -0.15) is 0 Å². The van der Waals surface area contributed by atoms with E-state index in [0.29, 0.717) is 20.6 Å². The van der Waals surface area contributed by atoms with Gasteiger partial charge in [0.1, 0.15) is 6.04 Å². The monoisotopic (exact) mass is 560 g/mol. The average molecular weight is 562 g/mol. The highest BCUT2D eigenvalue weighted by Gasteiger charge is 2.31. The highest BCUT2D eigenvalue weighted by atomic mass is 79.9. The lowest BCUT2D eigenvalue weighted by Crippen LogP contribution is -2.35. The first-order valence-electron chi connectivity index (χ1n) is 9.59. The molecule has 8 heteroatoms. The van der Waals surface area contributed by atoms with Gasteiger partial charge in [0.2, 0.25) is 0 Å². The smallest absolute Gasteiger partial charge is 0.338 e. The molecule has 1 atom stereocenters. The summed E-state index contributed by atoms with van der Waals surface area (Å²) in [4.78, 5) is 31.4. The molecule has 0 radical (unpaired) electrons. The predicted molar refractivity (Wildman–Crippen MR) is 129 cm³/mol. The maximum absolute atomic E-state index is 13.2. The SMILES string of the molecule is CCOC(=O)C1=C(C)n2c(s/c(=C\c3ccc(Br)cc3)c2=O)=N[C@H]1c1ccc(Br)cc1. The number of aromatic nitrogens is 1. The van der Waals surface area contributed by atoms with E-state index in [9.17, 15) is 9.59 Å². The Kier molecular flexibility index (Phi) is 6.41. The minimum Gasteiger partial charge on any atom is -0.463 e. The minimum atomic E-state index is -0.536. The van der Waals surface area contributed by atoms with Crippen molar-refractivity contribution in [1.29, 1.82) is 0 Å². The van der Waals surface area contributed by atoms with Crippen LogP contribution in [0, 0.1) is 0 Å². The van der Waals surface area contributed by atoms with Crippen molar-refractivity contribution in [1.82, 2.24) is 4.57 Å². The van der Waals surface area contributed by atoms with Gasteiger partial charge in [0.25, 0.3) is 5.56 Å². The number of hydrogen-bond acceptors (Lipinski definition) is 5. The van der Waals surface area contributed by atoms with E-state index in [1.54, 1.807) is 13.8 Å². The van der Waals surface area contributed by atoms with Crippen LogP contribution in [0.5, 0.6) is 0 Å². The molecule has 2 heterocycles. The van der Waals surface area contributed by atoms with Crippen molar-refractivity contribution in [2.75, 3.05) is 6.61 Å². The van der Waals surface area contributed by atoms with Gasteiger partial charge in [0.05, 0.1) is 16.7 Å². The number of nitrogens with zero attached hydrogens (tertiary/aromatic N) is 2. The van der Waals surface area contributed by atoms with E-state index in [1.807, 2.05) is 54.6 Å². The fourth-order valence-corrected chi connectivity index (χ4v) is 4.98. The molecule has 158 valence electrons. The van der Waals surface area contributed by atoms with Crippen LogP contribution in [0.1, 0.15) is 31.0 Å². The second kappa shape index (κ2) is 9.06. The van der Waals surface area contributed by atoms with Gasteiger partial charge in [-0.05, 0) is 55.3 Å². The maximum atomic E-state index is 13.2. The third-order valence-electron chi connectivity index (χ3n) is 4.89. The fraction of sp³-hybridized carbons (Fsp3) is 0.174. The Bertz CT molecular complexity index is 1350.